The lowest BCUT2D eigenvalue weighted by Crippen LogP contribution is -2.44. The highest BCUT2D eigenvalue weighted by Gasteiger charge is 2.16. The lowest BCUT2D eigenvalue weighted by molar-refractivity contribution is -0.123. The van der Waals surface area contributed by atoms with E-state index in [0.29, 0.717) is 6.54 Å². The van der Waals surface area contributed by atoms with Crippen molar-refractivity contribution in [1.29, 1.82) is 0 Å². The van der Waals surface area contributed by atoms with E-state index in [1.54, 1.807) is 12.1 Å². The molecule has 17 heavy (non-hydrogen) atoms. The van der Waals surface area contributed by atoms with Gasteiger partial charge in [-0.1, -0.05) is 26.0 Å². The van der Waals surface area contributed by atoms with Crippen molar-refractivity contribution in [3.63, 3.8) is 0 Å². The maximum absolute atomic E-state index is 11.6. The molecule has 0 fully saturated rings. The third-order valence-corrected chi connectivity index (χ3v) is 2.67. The molecule has 0 saturated heterocycles. The predicted molar refractivity (Wildman–Crippen MR) is 67.6 cm³/mol. The van der Waals surface area contributed by atoms with Gasteiger partial charge in [0.2, 0.25) is 5.91 Å². The van der Waals surface area contributed by atoms with Crippen molar-refractivity contribution in [2.75, 3.05) is 6.54 Å². The van der Waals surface area contributed by atoms with Gasteiger partial charge >= 0.3 is 0 Å². The summed E-state index contributed by atoms with van der Waals surface area (Å²) < 4.78 is 0. The Morgan fingerprint density at radius 2 is 1.94 bits per heavy atom. The molecule has 0 aliphatic carbocycles. The van der Waals surface area contributed by atoms with Crippen LogP contribution in [-0.4, -0.2) is 23.6 Å². The van der Waals surface area contributed by atoms with Crippen LogP contribution in [0.25, 0.3) is 0 Å². The van der Waals surface area contributed by atoms with Crippen molar-refractivity contribution in [2.24, 2.45) is 11.7 Å². The number of carbonyl (C=O) groups is 1. The minimum atomic E-state index is -0.449. The number of phenolic OH excluding ortho intramolecular Hbond substituents is 1. The second-order valence-corrected chi connectivity index (χ2v) is 4.48. The van der Waals surface area contributed by atoms with Crippen molar-refractivity contribution in [3.8, 4) is 5.75 Å². The van der Waals surface area contributed by atoms with Crippen molar-refractivity contribution < 1.29 is 9.90 Å². The quantitative estimate of drug-likeness (QED) is 0.715. The van der Waals surface area contributed by atoms with Crippen molar-refractivity contribution in [1.82, 2.24) is 5.32 Å². The normalized spacial score (nSPS) is 12.5. The number of phenols is 1. The first kappa shape index (κ1) is 13.5. The molecular weight excluding hydrogens is 216 g/mol. The smallest absolute Gasteiger partial charge is 0.237 e. The van der Waals surface area contributed by atoms with E-state index in [9.17, 15) is 4.79 Å². The lowest BCUT2D eigenvalue weighted by Gasteiger charge is -2.15. The SMILES string of the molecule is CC(C)C(N)C(=O)NCCc1ccc(O)cc1. The average Bonchev–Trinajstić information content (AvgIpc) is 2.30. The number of nitrogens with two attached hydrogens (primary N) is 1. The van der Waals surface area contributed by atoms with Crippen LogP contribution >= 0.6 is 0 Å². The molecule has 4 heteroatoms. The molecule has 94 valence electrons. The zero-order valence-corrected chi connectivity index (χ0v) is 10.3. The number of benzene rings is 1. The molecule has 0 radical (unpaired) electrons. The highest BCUT2D eigenvalue weighted by atomic mass is 16.3. The van der Waals surface area contributed by atoms with Crippen molar-refractivity contribution in [2.45, 2.75) is 26.3 Å². The first-order valence-corrected chi connectivity index (χ1v) is 5.82. The zero-order chi connectivity index (χ0) is 12.8. The van der Waals surface area contributed by atoms with Crippen LogP contribution < -0.4 is 11.1 Å². The molecule has 4 N–H and O–H groups in total. The topological polar surface area (TPSA) is 75.4 Å². The first-order chi connectivity index (χ1) is 8.00. The fourth-order valence-electron chi connectivity index (χ4n) is 1.41. The summed E-state index contributed by atoms with van der Waals surface area (Å²) in [5.41, 5.74) is 6.78. The molecule has 0 bridgehead atoms. The van der Waals surface area contributed by atoms with Gasteiger partial charge in [0, 0.05) is 6.54 Å². The lowest BCUT2D eigenvalue weighted by atomic mass is 10.0. The molecule has 1 aromatic carbocycles. The van der Waals surface area contributed by atoms with Gasteiger partial charge in [0.1, 0.15) is 5.75 Å². The Morgan fingerprint density at radius 1 is 1.35 bits per heavy atom. The number of nitrogens with one attached hydrogen (secondary N) is 1. The Bertz CT molecular complexity index is 360. The van der Waals surface area contributed by atoms with Crippen LogP contribution in [0.4, 0.5) is 0 Å². The van der Waals surface area contributed by atoms with Crippen LogP contribution in [0.15, 0.2) is 24.3 Å². The standard InChI is InChI=1S/C13H20N2O2/c1-9(2)12(14)13(17)15-8-7-10-3-5-11(16)6-4-10/h3-6,9,12,16H,7-8,14H2,1-2H3,(H,15,17). The van der Waals surface area contributed by atoms with Gasteiger partial charge in [-0.25, -0.2) is 0 Å². The summed E-state index contributed by atoms with van der Waals surface area (Å²) in [6.07, 6.45) is 0.733. The van der Waals surface area contributed by atoms with Crippen LogP contribution in [0, 0.1) is 5.92 Å². The van der Waals surface area contributed by atoms with Gasteiger partial charge in [0.15, 0.2) is 0 Å². The molecule has 0 aliphatic heterocycles. The molecule has 0 saturated carbocycles. The van der Waals surface area contributed by atoms with E-state index >= 15 is 0 Å². The highest BCUT2D eigenvalue weighted by molar-refractivity contribution is 5.81. The van der Waals surface area contributed by atoms with E-state index in [2.05, 4.69) is 5.32 Å². The van der Waals surface area contributed by atoms with Gasteiger partial charge in [-0.3, -0.25) is 4.79 Å². The summed E-state index contributed by atoms with van der Waals surface area (Å²) in [5.74, 6) is 0.280. The second kappa shape index (κ2) is 6.25. The summed E-state index contributed by atoms with van der Waals surface area (Å²) in [4.78, 5) is 11.6. The maximum Gasteiger partial charge on any atom is 0.237 e. The van der Waals surface area contributed by atoms with Gasteiger partial charge in [-0.05, 0) is 30.0 Å². The number of amides is 1. The van der Waals surface area contributed by atoms with Gasteiger partial charge in [0.25, 0.3) is 0 Å². The Balaban J connectivity index is 2.33. The highest BCUT2D eigenvalue weighted by Crippen LogP contribution is 2.09. The molecule has 1 rings (SSSR count). The Morgan fingerprint density at radius 3 is 2.47 bits per heavy atom. The minimum absolute atomic E-state index is 0.112. The number of rotatable bonds is 5. The molecule has 1 atom stereocenters. The van der Waals surface area contributed by atoms with Gasteiger partial charge in [-0.2, -0.15) is 0 Å². The third kappa shape index (κ3) is 4.44. The molecule has 1 unspecified atom stereocenters. The Kier molecular flexibility index (Phi) is 4.97. The summed E-state index contributed by atoms with van der Waals surface area (Å²) >= 11 is 0. The van der Waals surface area contributed by atoms with Gasteiger partial charge < -0.3 is 16.2 Å². The number of hydrogen-bond acceptors (Lipinski definition) is 3. The molecule has 0 aliphatic rings. The van der Waals surface area contributed by atoms with E-state index in [-0.39, 0.29) is 17.6 Å². The zero-order valence-electron chi connectivity index (χ0n) is 10.3. The fraction of sp³-hybridized carbons (Fsp3) is 0.462. The summed E-state index contributed by atoms with van der Waals surface area (Å²) in [6.45, 7) is 4.40. The van der Waals surface area contributed by atoms with Crippen molar-refractivity contribution >= 4 is 5.91 Å². The van der Waals surface area contributed by atoms with E-state index in [0.717, 1.165) is 12.0 Å². The fourth-order valence-corrected chi connectivity index (χ4v) is 1.41. The first-order valence-electron chi connectivity index (χ1n) is 5.82. The molecule has 0 spiro atoms. The monoisotopic (exact) mass is 236 g/mol. The molecule has 1 amide bonds. The summed E-state index contributed by atoms with van der Waals surface area (Å²) in [6, 6.07) is 6.50. The molecule has 4 nitrogen and oxygen atoms in total. The van der Waals surface area contributed by atoms with E-state index in [1.165, 1.54) is 0 Å². The third-order valence-electron chi connectivity index (χ3n) is 2.67. The Hall–Kier alpha value is -1.55. The van der Waals surface area contributed by atoms with Crippen LogP contribution in [0.5, 0.6) is 5.75 Å². The van der Waals surface area contributed by atoms with Crippen LogP contribution in [0.2, 0.25) is 0 Å². The molecule has 0 aromatic heterocycles. The second-order valence-electron chi connectivity index (χ2n) is 4.48. The Labute approximate surface area is 102 Å². The average molecular weight is 236 g/mol. The van der Waals surface area contributed by atoms with Crippen LogP contribution in [0.3, 0.4) is 0 Å². The van der Waals surface area contributed by atoms with Gasteiger partial charge in [0.05, 0.1) is 6.04 Å². The number of aromatic hydroxyl groups is 1. The van der Waals surface area contributed by atoms with E-state index in [1.807, 2.05) is 26.0 Å². The van der Waals surface area contributed by atoms with E-state index < -0.39 is 6.04 Å². The maximum atomic E-state index is 11.6. The predicted octanol–water partition coefficient (Wildman–Crippen LogP) is 1.03. The molecular formula is C13H20N2O2. The van der Waals surface area contributed by atoms with Crippen LogP contribution in [-0.2, 0) is 11.2 Å². The molecule has 1 aromatic rings. The van der Waals surface area contributed by atoms with Crippen LogP contribution in [0.1, 0.15) is 19.4 Å². The minimum Gasteiger partial charge on any atom is -0.508 e. The number of carbonyl (C=O) groups excluding carboxylic acids is 1. The summed E-state index contributed by atoms with van der Waals surface area (Å²) in [7, 11) is 0. The van der Waals surface area contributed by atoms with E-state index in [4.69, 9.17) is 10.8 Å². The largest absolute Gasteiger partial charge is 0.508 e. The number of hydrogen-bond donors (Lipinski definition) is 3. The summed E-state index contributed by atoms with van der Waals surface area (Å²) in [5, 5.41) is 11.9. The van der Waals surface area contributed by atoms with Crippen molar-refractivity contribution in [3.05, 3.63) is 29.8 Å². The molecule has 0 heterocycles. The van der Waals surface area contributed by atoms with Gasteiger partial charge in [-0.15, -0.1) is 0 Å².